The second-order valence-electron chi connectivity index (χ2n) is 4.02. The van der Waals surface area contributed by atoms with Crippen LogP contribution in [0.1, 0.15) is 29.6 Å². The van der Waals surface area contributed by atoms with Gasteiger partial charge in [-0.1, -0.05) is 6.07 Å². The van der Waals surface area contributed by atoms with Crippen molar-refractivity contribution in [1.82, 2.24) is 0 Å². The fraction of sp³-hybridized carbons (Fsp3) is 0.417. The molecule has 4 nitrogen and oxygen atoms in total. The number of amides is 1. The molecule has 1 fully saturated rings. The molecule has 3 N–H and O–H groups in total. The summed E-state index contributed by atoms with van der Waals surface area (Å²) >= 11 is 0. The molecule has 16 heavy (non-hydrogen) atoms. The van der Waals surface area contributed by atoms with Crippen molar-refractivity contribution in [2.24, 2.45) is 5.73 Å². The maximum atomic E-state index is 11.2. The topological polar surface area (TPSA) is 64.3 Å². The molecule has 1 aromatic carbocycles. The summed E-state index contributed by atoms with van der Waals surface area (Å²) in [4.78, 5) is 11.2. The summed E-state index contributed by atoms with van der Waals surface area (Å²) in [6.07, 6.45) is 3.60. The normalized spacial score (nSPS) is 15.3. The van der Waals surface area contributed by atoms with E-state index >= 15 is 0 Å². The molecule has 0 aromatic heterocycles. The number of methoxy groups -OCH3 is 1. The molecule has 1 amide bonds. The number of anilines is 1. The van der Waals surface area contributed by atoms with Crippen molar-refractivity contribution in [3.8, 4) is 5.75 Å². The van der Waals surface area contributed by atoms with E-state index < -0.39 is 5.91 Å². The van der Waals surface area contributed by atoms with Gasteiger partial charge in [-0.2, -0.15) is 0 Å². The highest BCUT2D eigenvalue weighted by Crippen LogP contribution is 2.32. The van der Waals surface area contributed by atoms with Gasteiger partial charge in [0.15, 0.2) is 5.75 Å². The highest BCUT2D eigenvalue weighted by atomic mass is 16.5. The molecule has 1 aliphatic rings. The Morgan fingerprint density at radius 3 is 2.75 bits per heavy atom. The minimum Gasteiger partial charge on any atom is -0.494 e. The molecule has 0 radical (unpaired) electrons. The van der Waals surface area contributed by atoms with Crippen LogP contribution in [0.15, 0.2) is 18.2 Å². The van der Waals surface area contributed by atoms with Crippen LogP contribution in [0.25, 0.3) is 0 Å². The van der Waals surface area contributed by atoms with Crippen LogP contribution >= 0.6 is 0 Å². The van der Waals surface area contributed by atoms with E-state index in [0.29, 0.717) is 17.4 Å². The van der Waals surface area contributed by atoms with Gasteiger partial charge in [0.1, 0.15) is 0 Å². The van der Waals surface area contributed by atoms with Gasteiger partial charge in [-0.3, -0.25) is 4.79 Å². The van der Waals surface area contributed by atoms with Crippen LogP contribution in [0.5, 0.6) is 5.75 Å². The van der Waals surface area contributed by atoms with Gasteiger partial charge < -0.3 is 15.8 Å². The average molecular weight is 220 g/mol. The molecule has 1 saturated carbocycles. The SMILES string of the molecule is COc1c(NC2CCC2)cccc1C(N)=O. The largest absolute Gasteiger partial charge is 0.494 e. The fourth-order valence-corrected chi connectivity index (χ4v) is 1.84. The van der Waals surface area contributed by atoms with Crippen molar-refractivity contribution >= 4 is 11.6 Å². The molecular formula is C12H16N2O2. The summed E-state index contributed by atoms with van der Waals surface area (Å²) in [5.41, 5.74) is 6.56. The summed E-state index contributed by atoms with van der Waals surface area (Å²) in [5.74, 6) is 0.0796. The number of ether oxygens (including phenoxy) is 1. The Kier molecular flexibility index (Phi) is 2.99. The number of carbonyl (C=O) groups is 1. The number of nitrogens with two attached hydrogens (primary N) is 1. The Hall–Kier alpha value is -1.71. The number of primary amides is 1. The van der Waals surface area contributed by atoms with Crippen LogP contribution < -0.4 is 15.8 Å². The lowest BCUT2D eigenvalue weighted by molar-refractivity contribution is 0.0997. The first-order valence-corrected chi connectivity index (χ1v) is 5.45. The van der Waals surface area contributed by atoms with E-state index in [0.717, 1.165) is 5.69 Å². The van der Waals surface area contributed by atoms with Crippen molar-refractivity contribution in [2.45, 2.75) is 25.3 Å². The zero-order valence-electron chi connectivity index (χ0n) is 9.32. The Morgan fingerprint density at radius 2 is 2.25 bits per heavy atom. The fourth-order valence-electron chi connectivity index (χ4n) is 1.84. The maximum absolute atomic E-state index is 11.2. The van der Waals surface area contributed by atoms with Crippen LogP contribution in [-0.2, 0) is 0 Å². The monoisotopic (exact) mass is 220 g/mol. The molecule has 1 aliphatic carbocycles. The number of para-hydroxylation sites is 1. The molecule has 0 heterocycles. The second-order valence-corrected chi connectivity index (χ2v) is 4.02. The minimum atomic E-state index is -0.464. The summed E-state index contributed by atoms with van der Waals surface area (Å²) in [6, 6.07) is 5.89. The van der Waals surface area contributed by atoms with Crippen LogP contribution in [0.3, 0.4) is 0 Å². The number of nitrogens with one attached hydrogen (secondary N) is 1. The van der Waals surface area contributed by atoms with E-state index in [1.165, 1.54) is 19.3 Å². The first-order chi connectivity index (χ1) is 7.72. The Balaban J connectivity index is 2.28. The van der Waals surface area contributed by atoms with Crippen molar-refractivity contribution in [1.29, 1.82) is 0 Å². The summed E-state index contributed by atoms with van der Waals surface area (Å²) in [6.45, 7) is 0. The summed E-state index contributed by atoms with van der Waals surface area (Å²) < 4.78 is 5.24. The maximum Gasteiger partial charge on any atom is 0.252 e. The summed E-state index contributed by atoms with van der Waals surface area (Å²) in [5, 5.41) is 3.36. The van der Waals surface area contributed by atoms with Crippen molar-refractivity contribution < 1.29 is 9.53 Å². The third kappa shape index (κ3) is 1.96. The lowest BCUT2D eigenvalue weighted by atomic mass is 9.93. The molecule has 0 spiro atoms. The van der Waals surface area contributed by atoms with Gasteiger partial charge in [-0.25, -0.2) is 0 Å². The Labute approximate surface area is 94.8 Å². The number of carbonyl (C=O) groups excluding carboxylic acids is 1. The molecule has 0 unspecified atom stereocenters. The van der Waals surface area contributed by atoms with Crippen LogP contribution in [0, 0.1) is 0 Å². The first kappa shape index (κ1) is 10.8. The summed E-state index contributed by atoms with van der Waals surface area (Å²) in [7, 11) is 1.55. The highest BCUT2D eigenvalue weighted by Gasteiger charge is 2.20. The molecule has 2 rings (SSSR count). The minimum absolute atomic E-state index is 0.423. The van der Waals surface area contributed by atoms with Gasteiger partial charge in [-0.05, 0) is 31.4 Å². The smallest absolute Gasteiger partial charge is 0.252 e. The molecule has 4 heteroatoms. The van der Waals surface area contributed by atoms with Gasteiger partial charge in [0, 0.05) is 6.04 Å². The zero-order chi connectivity index (χ0) is 11.5. The van der Waals surface area contributed by atoms with Crippen LogP contribution in [0.4, 0.5) is 5.69 Å². The second kappa shape index (κ2) is 4.43. The van der Waals surface area contributed by atoms with Gasteiger partial charge in [0.25, 0.3) is 5.91 Å². The van der Waals surface area contributed by atoms with E-state index in [-0.39, 0.29) is 0 Å². The van der Waals surface area contributed by atoms with Crippen molar-refractivity contribution in [2.75, 3.05) is 12.4 Å². The number of benzene rings is 1. The Bertz CT molecular complexity index is 400. The number of rotatable bonds is 4. The lowest BCUT2D eigenvalue weighted by Gasteiger charge is -2.28. The molecule has 0 saturated heterocycles. The third-order valence-electron chi connectivity index (χ3n) is 2.95. The average Bonchev–Trinajstić information content (AvgIpc) is 2.22. The van der Waals surface area contributed by atoms with E-state index in [1.807, 2.05) is 12.1 Å². The van der Waals surface area contributed by atoms with Gasteiger partial charge in [-0.15, -0.1) is 0 Å². The first-order valence-electron chi connectivity index (χ1n) is 5.45. The molecule has 1 aromatic rings. The molecule has 0 aliphatic heterocycles. The van der Waals surface area contributed by atoms with Gasteiger partial charge in [0.05, 0.1) is 18.4 Å². The van der Waals surface area contributed by atoms with Gasteiger partial charge >= 0.3 is 0 Å². The van der Waals surface area contributed by atoms with E-state index in [1.54, 1.807) is 13.2 Å². The van der Waals surface area contributed by atoms with Crippen LogP contribution in [-0.4, -0.2) is 19.1 Å². The predicted octanol–water partition coefficient (Wildman–Crippen LogP) is 1.76. The van der Waals surface area contributed by atoms with E-state index in [4.69, 9.17) is 10.5 Å². The standard InChI is InChI=1S/C12H16N2O2/c1-16-11-9(12(13)15)6-3-7-10(11)14-8-4-2-5-8/h3,6-8,14H,2,4-5H2,1H3,(H2,13,15). The molecule has 0 bridgehead atoms. The lowest BCUT2D eigenvalue weighted by Crippen LogP contribution is -2.27. The number of hydrogen-bond donors (Lipinski definition) is 2. The molecule has 86 valence electrons. The van der Waals surface area contributed by atoms with Crippen LogP contribution in [0.2, 0.25) is 0 Å². The van der Waals surface area contributed by atoms with E-state index in [2.05, 4.69) is 5.32 Å². The van der Waals surface area contributed by atoms with Crippen molar-refractivity contribution in [3.63, 3.8) is 0 Å². The number of hydrogen-bond acceptors (Lipinski definition) is 3. The Morgan fingerprint density at radius 1 is 1.50 bits per heavy atom. The predicted molar refractivity (Wildman–Crippen MR) is 62.8 cm³/mol. The van der Waals surface area contributed by atoms with Gasteiger partial charge in [0.2, 0.25) is 0 Å². The third-order valence-corrected chi connectivity index (χ3v) is 2.95. The van der Waals surface area contributed by atoms with E-state index in [9.17, 15) is 4.79 Å². The van der Waals surface area contributed by atoms with Crippen molar-refractivity contribution in [3.05, 3.63) is 23.8 Å². The zero-order valence-corrected chi connectivity index (χ0v) is 9.32. The quantitative estimate of drug-likeness (QED) is 0.812. The highest BCUT2D eigenvalue weighted by molar-refractivity contribution is 5.97. The molecular weight excluding hydrogens is 204 g/mol. The molecule has 0 atom stereocenters.